The van der Waals surface area contributed by atoms with Crippen molar-refractivity contribution in [1.82, 2.24) is 24.5 Å². The Morgan fingerprint density at radius 3 is 2.51 bits per heavy atom. The molecule has 1 saturated heterocycles. The Morgan fingerprint density at radius 1 is 1.11 bits per heavy atom. The number of aliphatic hydroxyl groups is 1. The van der Waals surface area contributed by atoms with Crippen molar-refractivity contribution in [1.29, 1.82) is 0 Å². The van der Waals surface area contributed by atoms with Gasteiger partial charge in [-0.15, -0.1) is 22.6 Å². The van der Waals surface area contributed by atoms with Crippen molar-refractivity contribution < 1.29 is 27.4 Å². The molecule has 0 aliphatic carbocycles. The Morgan fingerprint density at radius 2 is 1.86 bits per heavy atom. The van der Waals surface area contributed by atoms with Gasteiger partial charge >= 0.3 is 6.18 Å². The van der Waals surface area contributed by atoms with Crippen LogP contribution in [0, 0.1) is 5.82 Å². The first kappa shape index (κ1) is 27.0. The first-order valence-corrected chi connectivity index (χ1v) is 11.6. The van der Waals surface area contributed by atoms with Crippen LogP contribution in [0.1, 0.15) is 38.8 Å². The van der Waals surface area contributed by atoms with E-state index in [0.717, 1.165) is 0 Å². The summed E-state index contributed by atoms with van der Waals surface area (Å²) in [5.74, 6) is 0.0295. The number of hydrogen-bond acceptors (Lipinski definition) is 6. The Kier molecular flexibility index (Phi) is 7.08. The van der Waals surface area contributed by atoms with Crippen LogP contribution in [-0.4, -0.2) is 60.6 Å². The molecule has 2 atom stereocenters. The summed E-state index contributed by atoms with van der Waals surface area (Å²) in [5, 5.41) is 19.0. The molecule has 0 amide bonds. The van der Waals surface area contributed by atoms with Gasteiger partial charge in [-0.25, -0.2) is 9.37 Å². The van der Waals surface area contributed by atoms with Gasteiger partial charge in [-0.05, 0) is 51.0 Å². The molecule has 1 unspecified atom stereocenters. The molecular formula is C25H26ClF4N5O2. The zero-order chi connectivity index (χ0) is 25.8. The third-order valence-electron chi connectivity index (χ3n) is 6.21. The molecule has 37 heavy (non-hydrogen) atoms. The summed E-state index contributed by atoms with van der Waals surface area (Å²) in [6.45, 7) is 5.18. The SMILES string of the molecule is CC(C)Oc1cc(F)cc2ccc(-c3nnc4ccc([C@H](N5CCC(C)(O)C5)C(F)(F)F)cn34)nc12.Cl. The van der Waals surface area contributed by atoms with Crippen LogP contribution in [0.15, 0.2) is 42.6 Å². The van der Waals surface area contributed by atoms with Gasteiger partial charge in [0.25, 0.3) is 0 Å². The number of aromatic nitrogens is 4. The fourth-order valence-electron chi connectivity index (χ4n) is 4.69. The zero-order valence-corrected chi connectivity index (χ0v) is 21.1. The van der Waals surface area contributed by atoms with Gasteiger partial charge in [0.1, 0.15) is 28.8 Å². The number of halogens is 5. The largest absolute Gasteiger partial charge is 0.489 e. The van der Waals surface area contributed by atoms with Crippen molar-refractivity contribution in [3.63, 3.8) is 0 Å². The smallest absolute Gasteiger partial charge is 0.408 e. The summed E-state index contributed by atoms with van der Waals surface area (Å²) in [6, 6.07) is 6.81. The minimum absolute atomic E-state index is 0. The summed E-state index contributed by atoms with van der Waals surface area (Å²) in [5.41, 5.74) is -0.0780. The Hall–Kier alpha value is -3.02. The fourth-order valence-corrected chi connectivity index (χ4v) is 4.69. The lowest BCUT2D eigenvalue weighted by molar-refractivity contribution is -0.185. The standard InChI is InChI=1S/C25H25F4N5O2.ClH/c1-14(2)36-19-11-17(26)10-15-4-6-18(30-21(15)19)23-32-31-20-7-5-16(12-34(20)23)22(25(27,28)29)33-9-8-24(3,35)13-33;/h4-7,10-12,14,22,35H,8-9,13H2,1-3H3;1H/t22-,24?;/m0./s1. The third-order valence-corrected chi connectivity index (χ3v) is 6.21. The van der Waals surface area contributed by atoms with E-state index in [4.69, 9.17) is 4.74 Å². The van der Waals surface area contributed by atoms with Crippen LogP contribution >= 0.6 is 12.4 Å². The number of ether oxygens (including phenoxy) is 1. The van der Waals surface area contributed by atoms with E-state index < -0.39 is 23.6 Å². The van der Waals surface area contributed by atoms with Gasteiger partial charge in [0, 0.05) is 30.7 Å². The molecule has 0 bridgehead atoms. The second-order valence-electron chi connectivity index (χ2n) is 9.71. The number of rotatable bonds is 5. The minimum Gasteiger partial charge on any atom is -0.489 e. The minimum atomic E-state index is -4.56. The normalized spacial score (nSPS) is 19.5. The Bertz CT molecular complexity index is 1440. The summed E-state index contributed by atoms with van der Waals surface area (Å²) < 4.78 is 63.9. The molecule has 4 heterocycles. The molecule has 198 valence electrons. The Labute approximate surface area is 216 Å². The summed E-state index contributed by atoms with van der Waals surface area (Å²) >= 11 is 0. The van der Waals surface area contributed by atoms with Crippen molar-refractivity contribution in [3.05, 3.63) is 54.0 Å². The lowest BCUT2D eigenvalue weighted by Gasteiger charge is -2.30. The topological polar surface area (TPSA) is 75.8 Å². The number of β-amino-alcohol motifs (C(OH)–C–C–N with tert-alkyl or cyclic N) is 1. The van der Waals surface area contributed by atoms with Crippen molar-refractivity contribution in [2.45, 2.75) is 51.1 Å². The van der Waals surface area contributed by atoms with Gasteiger partial charge in [-0.3, -0.25) is 9.30 Å². The van der Waals surface area contributed by atoms with E-state index in [2.05, 4.69) is 15.2 Å². The molecule has 1 aliphatic rings. The maximum Gasteiger partial charge on any atom is 0.408 e. The van der Waals surface area contributed by atoms with Gasteiger partial charge in [0.2, 0.25) is 0 Å². The van der Waals surface area contributed by atoms with E-state index in [1.807, 2.05) is 13.8 Å². The van der Waals surface area contributed by atoms with E-state index in [0.29, 0.717) is 22.2 Å². The zero-order valence-electron chi connectivity index (χ0n) is 20.3. The lowest BCUT2D eigenvalue weighted by Crippen LogP contribution is -2.39. The van der Waals surface area contributed by atoms with E-state index in [1.54, 1.807) is 12.1 Å². The predicted octanol–water partition coefficient (Wildman–Crippen LogP) is 5.35. The molecule has 1 fully saturated rings. The molecule has 1 N–H and O–H groups in total. The van der Waals surface area contributed by atoms with Crippen LogP contribution in [0.25, 0.3) is 28.1 Å². The molecule has 1 aliphatic heterocycles. The summed E-state index contributed by atoms with van der Waals surface area (Å²) in [7, 11) is 0. The van der Waals surface area contributed by atoms with E-state index in [-0.39, 0.29) is 55.2 Å². The number of benzene rings is 1. The fraction of sp³-hybridized carbons (Fsp3) is 0.400. The molecule has 0 saturated carbocycles. The van der Waals surface area contributed by atoms with Crippen LogP contribution in [-0.2, 0) is 0 Å². The molecule has 12 heteroatoms. The number of fused-ring (bicyclic) bond motifs is 2. The number of alkyl halides is 3. The number of nitrogens with zero attached hydrogens (tertiary/aromatic N) is 5. The van der Waals surface area contributed by atoms with Crippen LogP contribution in [0.4, 0.5) is 17.6 Å². The molecule has 5 rings (SSSR count). The highest BCUT2D eigenvalue weighted by atomic mass is 35.5. The maximum absolute atomic E-state index is 14.2. The van der Waals surface area contributed by atoms with Gasteiger partial charge in [0.05, 0.1) is 11.7 Å². The average molecular weight is 540 g/mol. The third kappa shape index (κ3) is 5.34. The predicted molar refractivity (Wildman–Crippen MR) is 132 cm³/mol. The highest BCUT2D eigenvalue weighted by Crippen LogP contribution is 2.41. The van der Waals surface area contributed by atoms with Gasteiger partial charge in [0.15, 0.2) is 11.5 Å². The highest BCUT2D eigenvalue weighted by molar-refractivity contribution is 5.86. The number of pyridine rings is 2. The summed E-state index contributed by atoms with van der Waals surface area (Å²) in [6.07, 6.45) is -3.17. The maximum atomic E-state index is 14.2. The van der Waals surface area contributed by atoms with Gasteiger partial charge < -0.3 is 9.84 Å². The van der Waals surface area contributed by atoms with Crippen LogP contribution < -0.4 is 4.74 Å². The molecule has 0 spiro atoms. The molecule has 7 nitrogen and oxygen atoms in total. The van der Waals surface area contributed by atoms with Crippen molar-refractivity contribution in [3.8, 4) is 17.3 Å². The first-order chi connectivity index (χ1) is 16.9. The second kappa shape index (κ2) is 9.70. The molecule has 4 aromatic rings. The van der Waals surface area contributed by atoms with Gasteiger partial charge in [-0.1, -0.05) is 12.1 Å². The summed E-state index contributed by atoms with van der Waals surface area (Å²) in [4.78, 5) is 5.84. The Balaban J connectivity index is 0.00000320. The highest BCUT2D eigenvalue weighted by Gasteiger charge is 2.48. The van der Waals surface area contributed by atoms with E-state index >= 15 is 0 Å². The number of hydrogen-bond donors (Lipinski definition) is 1. The average Bonchev–Trinajstić information content (AvgIpc) is 3.34. The first-order valence-electron chi connectivity index (χ1n) is 11.6. The molecule has 1 aromatic carbocycles. The van der Waals surface area contributed by atoms with Crippen molar-refractivity contribution >= 4 is 29.0 Å². The lowest BCUT2D eigenvalue weighted by atomic mass is 10.1. The molecule has 0 radical (unpaired) electrons. The molecular weight excluding hydrogens is 514 g/mol. The van der Waals surface area contributed by atoms with E-state index in [1.165, 1.54) is 46.7 Å². The quantitative estimate of drug-likeness (QED) is 0.344. The monoisotopic (exact) mass is 539 g/mol. The van der Waals surface area contributed by atoms with Crippen molar-refractivity contribution in [2.75, 3.05) is 13.1 Å². The van der Waals surface area contributed by atoms with Crippen LogP contribution in [0.3, 0.4) is 0 Å². The van der Waals surface area contributed by atoms with E-state index in [9.17, 15) is 22.7 Å². The number of likely N-dealkylation sites (tertiary alicyclic amines) is 1. The van der Waals surface area contributed by atoms with Crippen LogP contribution in [0.5, 0.6) is 5.75 Å². The second-order valence-corrected chi connectivity index (χ2v) is 9.71. The van der Waals surface area contributed by atoms with Crippen molar-refractivity contribution in [2.24, 2.45) is 0 Å². The van der Waals surface area contributed by atoms with Crippen LogP contribution in [0.2, 0.25) is 0 Å². The van der Waals surface area contributed by atoms with Gasteiger partial charge in [-0.2, -0.15) is 13.2 Å². The molecule has 3 aromatic heterocycles.